The van der Waals surface area contributed by atoms with Gasteiger partial charge in [0.15, 0.2) is 0 Å². The summed E-state index contributed by atoms with van der Waals surface area (Å²) in [5.74, 6) is 0. The fourth-order valence-corrected chi connectivity index (χ4v) is 2.17. The van der Waals surface area contributed by atoms with Crippen LogP contribution in [0, 0.1) is 5.41 Å². The second-order valence-electron chi connectivity index (χ2n) is 5.43. The van der Waals surface area contributed by atoms with Gasteiger partial charge < -0.3 is 15.0 Å². The zero-order chi connectivity index (χ0) is 11.5. The molecule has 0 aliphatic carbocycles. The van der Waals surface area contributed by atoms with Crippen LogP contribution in [0.1, 0.15) is 27.2 Å². The molecule has 15 heavy (non-hydrogen) atoms. The van der Waals surface area contributed by atoms with Crippen molar-refractivity contribution in [2.75, 3.05) is 33.9 Å². The van der Waals surface area contributed by atoms with E-state index in [4.69, 9.17) is 4.74 Å². The molecule has 1 saturated heterocycles. The minimum absolute atomic E-state index is 0.298. The molecule has 0 aromatic carbocycles. The maximum Gasteiger partial charge on any atom is 0.0622 e. The largest absolute Gasteiger partial charge is 0.380 e. The average molecular weight is 214 g/mol. The number of ether oxygens (including phenoxy) is 1. The Hall–Kier alpha value is -0.120. The molecule has 1 aliphatic heterocycles. The van der Waals surface area contributed by atoms with E-state index in [1.165, 1.54) is 6.42 Å². The van der Waals surface area contributed by atoms with Crippen LogP contribution in [0.2, 0.25) is 0 Å². The second-order valence-corrected chi connectivity index (χ2v) is 5.43. The maximum absolute atomic E-state index is 5.42. The Morgan fingerprint density at radius 1 is 1.53 bits per heavy atom. The van der Waals surface area contributed by atoms with Crippen LogP contribution in [-0.4, -0.2) is 50.8 Å². The van der Waals surface area contributed by atoms with Crippen molar-refractivity contribution in [2.45, 2.75) is 39.3 Å². The number of rotatable bonds is 5. The minimum atomic E-state index is 0.298. The predicted molar refractivity (Wildman–Crippen MR) is 64.2 cm³/mol. The van der Waals surface area contributed by atoms with Gasteiger partial charge in [-0.15, -0.1) is 0 Å². The molecule has 0 spiro atoms. The first-order valence-electron chi connectivity index (χ1n) is 5.92. The molecule has 0 radical (unpaired) electrons. The molecular formula is C12H26N2O. The standard InChI is InChI=1S/C12H26N2O/c1-10(13-4)12(2,3)9-14(5)11-6-7-15-8-11/h10-11,13H,6-9H2,1-5H3. The summed E-state index contributed by atoms with van der Waals surface area (Å²) in [6.07, 6.45) is 1.18. The number of likely N-dealkylation sites (N-methyl/N-ethyl adjacent to an activating group) is 1. The molecule has 0 aromatic rings. The van der Waals surface area contributed by atoms with E-state index < -0.39 is 0 Å². The summed E-state index contributed by atoms with van der Waals surface area (Å²) in [6.45, 7) is 9.83. The SMILES string of the molecule is CNC(C)C(C)(C)CN(C)C1CCOC1. The normalized spacial score (nSPS) is 24.8. The zero-order valence-electron chi connectivity index (χ0n) is 10.8. The monoisotopic (exact) mass is 214 g/mol. The van der Waals surface area contributed by atoms with Crippen molar-refractivity contribution < 1.29 is 4.74 Å². The highest BCUT2D eigenvalue weighted by molar-refractivity contribution is 4.85. The molecule has 1 heterocycles. The van der Waals surface area contributed by atoms with Gasteiger partial charge in [-0.1, -0.05) is 13.8 Å². The highest BCUT2D eigenvalue weighted by Gasteiger charge is 2.29. The quantitative estimate of drug-likeness (QED) is 0.747. The summed E-state index contributed by atoms with van der Waals surface area (Å²) in [5, 5.41) is 3.34. The molecule has 1 N–H and O–H groups in total. The molecule has 0 aromatic heterocycles. The molecule has 3 heteroatoms. The predicted octanol–water partition coefficient (Wildman–Crippen LogP) is 1.34. The molecule has 0 amide bonds. The van der Waals surface area contributed by atoms with Gasteiger partial charge >= 0.3 is 0 Å². The highest BCUT2D eigenvalue weighted by Crippen LogP contribution is 2.23. The molecule has 0 saturated carbocycles. The molecule has 1 aliphatic rings. The minimum Gasteiger partial charge on any atom is -0.380 e. The molecule has 1 fully saturated rings. The van der Waals surface area contributed by atoms with Gasteiger partial charge in [-0.25, -0.2) is 0 Å². The number of nitrogens with zero attached hydrogens (tertiary/aromatic N) is 1. The van der Waals surface area contributed by atoms with Gasteiger partial charge in [-0.3, -0.25) is 0 Å². The van der Waals surface area contributed by atoms with E-state index in [0.717, 1.165) is 19.8 Å². The van der Waals surface area contributed by atoms with Crippen LogP contribution < -0.4 is 5.32 Å². The van der Waals surface area contributed by atoms with Crippen molar-refractivity contribution in [3.05, 3.63) is 0 Å². The maximum atomic E-state index is 5.42. The van der Waals surface area contributed by atoms with Gasteiger partial charge in [0.25, 0.3) is 0 Å². The first-order chi connectivity index (χ1) is 6.97. The summed E-state index contributed by atoms with van der Waals surface area (Å²) in [5.41, 5.74) is 0.298. The topological polar surface area (TPSA) is 24.5 Å². The van der Waals surface area contributed by atoms with Crippen molar-refractivity contribution in [1.29, 1.82) is 0 Å². The second kappa shape index (κ2) is 5.28. The smallest absolute Gasteiger partial charge is 0.0622 e. The van der Waals surface area contributed by atoms with E-state index in [2.05, 4.69) is 38.0 Å². The van der Waals surface area contributed by atoms with Crippen molar-refractivity contribution in [3.63, 3.8) is 0 Å². The fraction of sp³-hybridized carbons (Fsp3) is 1.00. The Labute approximate surface area is 94.2 Å². The van der Waals surface area contributed by atoms with Gasteiger partial charge in [0.05, 0.1) is 6.61 Å². The van der Waals surface area contributed by atoms with Crippen molar-refractivity contribution in [3.8, 4) is 0 Å². The third-order valence-corrected chi connectivity index (χ3v) is 3.79. The van der Waals surface area contributed by atoms with Crippen LogP contribution >= 0.6 is 0 Å². The van der Waals surface area contributed by atoms with Crippen molar-refractivity contribution in [2.24, 2.45) is 5.41 Å². The Balaban J connectivity index is 2.44. The van der Waals surface area contributed by atoms with E-state index in [0.29, 0.717) is 17.5 Å². The molecule has 90 valence electrons. The lowest BCUT2D eigenvalue weighted by atomic mass is 9.84. The Kier molecular flexibility index (Phi) is 4.56. The Morgan fingerprint density at radius 3 is 2.67 bits per heavy atom. The van der Waals surface area contributed by atoms with Crippen LogP contribution in [0.4, 0.5) is 0 Å². The van der Waals surface area contributed by atoms with Gasteiger partial charge in [0.2, 0.25) is 0 Å². The van der Waals surface area contributed by atoms with Gasteiger partial charge in [-0.05, 0) is 32.9 Å². The summed E-state index contributed by atoms with van der Waals surface area (Å²) in [7, 11) is 4.24. The van der Waals surface area contributed by atoms with E-state index in [1.54, 1.807) is 0 Å². The third-order valence-electron chi connectivity index (χ3n) is 3.79. The van der Waals surface area contributed by atoms with E-state index in [9.17, 15) is 0 Å². The summed E-state index contributed by atoms with van der Waals surface area (Å²) < 4.78 is 5.42. The van der Waals surface area contributed by atoms with Gasteiger partial charge in [-0.2, -0.15) is 0 Å². The Morgan fingerprint density at radius 2 is 2.20 bits per heavy atom. The van der Waals surface area contributed by atoms with Crippen LogP contribution in [-0.2, 0) is 4.74 Å². The lowest BCUT2D eigenvalue weighted by molar-refractivity contribution is 0.114. The van der Waals surface area contributed by atoms with Gasteiger partial charge in [0.1, 0.15) is 0 Å². The summed E-state index contributed by atoms with van der Waals surface area (Å²) >= 11 is 0. The first-order valence-corrected chi connectivity index (χ1v) is 5.92. The summed E-state index contributed by atoms with van der Waals surface area (Å²) in [6, 6.07) is 1.15. The zero-order valence-corrected chi connectivity index (χ0v) is 10.8. The van der Waals surface area contributed by atoms with Gasteiger partial charge in [0, 0.05) is 25.2 Å². The first kappa shape index (κ1) is 12.9. The lowest BCUT2D eigenvalue weighted by Crippen LogP contribution is -2.47. The third kappa shape index (κ3) is 3.44. The number of hydrogen-bond acceptors (Lipinski definition) is 3. The van der Waals surface area contributed by atoms with Crippen molar-refractivity contribution in [1.82, 2.24) is 10.2 Å². The molecule has 0 bridgehead atoms. The van der Waals surface area contributed by atoms with Crippen LogP contribution in [0.5, 0.6) is 0 Å². The Bertz CT molecular complexity index is 188. The van der Waals surface area contributed by atoms with E-state index in [-0.39, 0.29) is 0 Å². The highest BCUT2D eigenvalue weighted by atomic mass is 16.5. The van der Waals surface area contributed by atoms with Crippen molar-refractivity contribution >= 4 is 0 Å². The lowest BCUT2D eigenvalue weighted by Gasteiger charge is -2.37. The summed E-state index contributed by atoms with van der Waals surface area (Å²) in [4.78, 5) is 2.45. The molecule has 3 nitrogen and oxygen atoms in total. The number of nitrogens with one attached hydrogen (secondary N) is 1. The average Bonchev–Trinajstić information content (AvgIpc) is 2.68. The number of hydrogen-bond donors (Lipinski definition) is 1. The van der Waals surface area contributed by atoms with E-state index >= 15 is 0 Å². The van der Waals surface area contributed by atoms with Crippen LogP contribution in [0.25, 0.3) is 0 Å². The van der Waals surface area contributed by atoms with Crippen LogP contribution in [0.3, 0.4) is 0 Å². The molecule has 2 atom stereocenters. The van der Waals surface area contributed by atoms with E-state index in [1.807, 2.05) is 7.05 Å². The fourth-order valence-electron chi connectivity index (χ4n) is 2.17. The molecule has 2 unspecified atom stereocenters. The molecule has 1 rings (SSSR count). The van der Waals surface area contributed by atoms with Crippen LogP contribution in [0.15, 0.2) is 0 Å². The molecular weight excluding hydrogens is 188 g/mol.